The Labute approximate surface area is 97.6 Å². The maximum absolute atomic E-state index is 2.50. The molecule has 0 aliphatic heterocycles. The van der Waals surface area contributed by atoms with Crippen molar-refractivity contribution in [1.29, 1.82) is 0 Å². The van der Waals surface area contributed by atoms with Gasteiger partial charge in [0.1, 0.15) is 7.85 Å². The summed E-state index contributed by atoms with van der Waals surface area (Å²) in [4.78, 5) is 0. The van der Waals surface area contributed by atoms with Gasteiger partial charge in [0.05, 0.1) is 0 Å². The van der Waals surface area contributed by atoms with Crippen molar-refractivity contribution in [2.45, 2.75) is 83.4 Å². The molecule has 1 aliphatic carbocycles. The normalized spacial score (nSPS) is 20.3. The van der Waals surface area contributed by atoms with Crippen molar-refractivity contribution in [2.24, 2.45) is 5.92 Å². The zero-order valence-corrected chi connectivity index (χ0v) is 10.9. The molecule has 1 aliphatic rings. The minimum absolute atomic E-state index is 1.01. The van der Waals surface area contributed by atoms with Crippen LogP contribution in [0.25, 0.3) is 0 Å². The van der Waals surface area contributed by atoms with Gasteiger partial charge in [-0.05, 0) is 5.92 Å². The first-order chi connectivity index (χ1) is 7.34. The van der Waals surface area contributed by atoms with Gasteiger partial charge in [-0.15, -0.1) is 0 Å². The summed E-state index contributed by atoms with van der Waals surface area (Å²) in [5, 5.41) is 0. The maximum atomic E-state index is 2.50. The largest absolute Gasteiger partial charge is 0.105 e. The topological polar surface area (TPSA) is 0 Å². The van der Waals surface area contributed by atoms with Gasteiger partial charge in [-0.3, -0.25) is 0 Å². The summed E-state index contributed by atoms with van der Waals surface area (Å²) in [6.45, 7) is 2.30. The minimum Gasteiger partial charge on any atom is -0.0669 e. The van der Waals surface area contributed by atoms with E-state index >= 15 is 0 Å². The van der Waals surface area contributed by atoms with Gasteiger partial charge in [0.2, 0.25) is 0 Å². The van der Waals surface area contributed by atoms with E-state index in [2.05, 4.69) is 14.8 Å². The average Bonchev–Trinajstić information content (AvgIpc) is 2.30. The zero-order chi connectivity index (χ0) is 10.9. The van der Waals surface area contributed by atoms with Gasteiger partial charge in [-0.2, -0.15) is 0 Å². The van der Waals surface area contributed by atoms with E-state index in [1.54, 1.807) is 0 Å². The van der Waals surface area contributed by atoms with Crippen LogP contribution in [0.15, 0.2) is 0 Å². The number of hydrogen-bond acceptors (Lipinski definition) is 0. The first-order valence-electron chi connectivity index (χ1n) is 7.34. The molecule has 0 heterocycles. The van der Waals surface area contributed by atoms with Crippen LogP contribution < -0.4 is 0 Å². The molecule has 0 N–H and O–H groups in total. The first-order valence-corrected chi connectivity index (χ1v) is 7.34. The summed E-state index contributed by atoms with van der Waals surface area (Å²) >= 11 is 0. The Morgan fingerprint density at radius 1 is 1.00 bits per heavy atom. The lowest BCUT2D eigenvalue weighted by Gasteiger charge is -2.27. The highest BCUT2D eigenvalue weighted by molar-refractivity contribution is 6.11. The number of unbranched alkanes of at least 4 members (excludes halogenated alkanes) is 4. The lowest BCUT2D eigenvalue weighted by Crippen LogP contribution is -2.13. The molecule has 0 aromatic carbocycles. The van der Waals surface area contributed by atoms with Crippen molar-refractivity contribution in [1.82, 2.24) is 0 Å². The molecule has 0 amide bonds. The Morgan fingerprint density at radius 3 is 2.33 bits per heavy atom. The van der Waals surface area contributed by atoms with Crippen LogP contribution in [0.3, 0.4) is 0 Å². The van der Waals surface area contributed by atoms with E-state index in [0.29, 0.717) is 0 Å². The summed E-state index contributed by atoms with van der Waals surface area (Å²) in [6.07, 6.45) is 16.3. The van der Waals surface area contributed by atoms with E-state index in [-0.39, 0.29) is 0 Å². The molecular weight excluding hydrogens is 179 g/mol. The van der Waals surface area contributed by atoms with Gasteiger partial charge >= 0.3 is 0 Å². The monoisotopic (exact) mass is 208 g/mol. The second-order valence-corrected chi connectivity index (χ2v) is 5.58. The summed E-state index contributed by atoms with van der Waals surface area (Å²) < 4.78 is 0. The van der Waals surface area contributed by atoms with E-state index in [1.807, 2.05) is 0 Å². The molecule has 0 aromatic rings. The van der Waals surface area contributed by atoms with Gasteiger partial charge in [-0.25, -0.2) is 0 Å². The van der Waals surface area contributed by atoms with Crippen LogP contribution in [0.5, 0.6) is 0 Å². The second kappa shape index (κ2) is 8.24. The predicted molar refractivity (Wildman–Crippen MR) is 72.2 cm³/mol. The standard InChI is InChI=1S/C14H29B/c1-2-3-4-5-9-12-14(15)13-10-7-6-8-11-13/h13-14H,2-12,15H2,1H3. The molecule has 0 nitrogen and oxygen atoms in total. The fourth-order valence-electron chi connectivity index (χ4n) is 3.01. The molecule has 0 bridgehead atoms. The van der Waals surface area contributed by atoms with E-state index in [4.69, 9.17) is 0 Å². The van der Waals surface area contributed by atoms with Crippen LogP contribution in [-0.4, -0.2) is 7.85 Å². The van der Waals surface area contributed by atoms with Crippen molar-refractivity contribution in [3.05, 3.63) is 0 Å². The molecular formula is C14H29B. The summed E-state index contributed by atoms with van der Waals surface area (Å²) in [5.74, 6) is 2.08. The smallest absolute Gasteiger partial charge is 0.0669 e. The fraction of sp³-hybridized carbons (Fsp3) is 1.00. The van der Waals surface area contributed by atoms with E-state index in [0.717, 1.165) is 11.7 Å². The molecule has 0 radical (unpaired) electrons. The Hall–Kier alpha value is 0.0649. The molecule has 0 spiro atoms. The molecule has 0 saturated heterocycles. The highest BCUT2D eigenvalue weighted by Crippen LogP contribution is 2.34. The Morgan fingerprint density at radius 2 is 1.67 bits per heavy atom. The Kier molecular flexibility index (Phi) is 7.22. The van der Waals surface area contributed by atoms with Crippen molar-refractivity contribution < 1.29 is 0 Å². The van der Waals surface area contributed by atoms with Gasteiger partial charge in [-0.1, -0.05) is 83.4 Å². The highest BCUT2D eigenvalue weighted by atomic mass is 14.2. The van der Waals surface area contributed by atoms with Gasteiger partial charge in [0.15, 0.2) is 0 Å². The quantitative estimate of drug-likeness (QED) is 0.431. The first kappa shape index (κ1) is 13.1. The third-order valence-corrected chi connectivity index (χ3v) is 4.22. The third-order valence-electron chi connectivity index (χ3n) is 4.22. The van der Waals surface area contributed by atoms with Crippen LogP contribution in [0.2, 0.25) is 5.82 Å². The molecule has 0 aromatic heterocycles. The Balaban J connectivity index is 1.99. The van der Waals surface area contributed by atoms with Crippen molar-refractivity contribution >= 4 is 7.85 Å². The number of hydrogen-bond donors (Lipinski definition) is 0. The molecule has 1 atom stereocenters. The molecule has 1 rings (SSSR count). The van der Waals surface area contributed by atoms with Crippen LogP contribution in [0, 0.1) is 5.92 Å². The minimum atomic E-state index is 1.01. The summed E-state index contributed by atoms with van der Waals surface area (Å²) in [5.41, 5.74) is 0. The van der Waals surface area contributed by atoms with Crippen LogP contribution in [0.4, 0.5) is 0 Å². The molecule has 1 fully saturated rings. The SMILES string of the molecule is BC(CCCCCCC)C1CCCCC1. The third kappa shape index (κ3) is 5.63. The Bertz CT molecular complexity index is 138. The van der Waals surface area contributed by atoms with E-state index in [1.165, 1.54) is 70.6 Å². The number of rotatable bonds is 7. The summed E-state index contributed by atoms with van der Waals surface area (Å²) in [6, 6.07) is 0. The predicted octanol–water partition coefficient (Wildman–Crippen LogP) is 4.35. The van der Waals surface area contributed by atoms with Crippen LogP contribution in [0.1, 0.15) is 77.6 Å². The van der Waals surface area contributed by atoms with Crippen molar-refractivity contribution in [3.8, 4) is 0 Å². The van der Waals surface area contributed by atoms with Crippen LogP contribution in [-0.2, 0) is 0 Å². The lowest BCUT2D eigenvalue weighted by molar-refractivity contribution is 0.328. The maximum Gasteiger partial charge on any atom is 0.105 e. The molecule has 88 valence electrons. The van der Waals surface area contributed by atoms with Gasteiger partial charge in [0.25, 0.3) is 0 Å². The fourth-order valence-corrected chi connectivity index (χ4v) is 3.01. The van der Waals surface area contributed by atoms with Crippen LogP contribution >= 0.6 is 0 Å². The molecule has 15 heavy (non-hydrogen) atoms. The van der Waals surface area contributed by atoms with Crippen molar-refractivity contribution in [2.75, 3.05) is 0 Å². The molecule has 1 heteroatoms. The summed E-state index contributed by atoms with van der Waals surface area (Å²) in [7, 11) is 2.50. The van der Waals surface area contributed by atoms with E-state index in [9.17, 15) is 0 Å². The molecule has 1 saturated carbocycles. The van der Waals surface area contributed by atoms with Gasteiger partial charge < -0.3 is 0 Å². The van der Waals surface area contributed by atoms with Gasteiger partial charge in [0, 0.05) is 0 Å². The highest BCUT2D eigenvalue weighted by Gasteiger charge is 2.19. The lowest BCUT2D eigenvalue weighted by atomic mass is 9.68. The average molecular weight is 208 g/mol. The van der Waals surface area contributed by atoms with Crippen molar-refractivity contribution in [3.63, 3.8) is 0 Å². The zero-order valence-electron chi connectivity index (χ0n) is 10.9. The molecule has 1 unspecified atom stereocenters. The van der Waals surface area contributed by atoms with E-state index < -0.39 is 0 Å². The second-order valence-electron chi connectivity index (χ2n) is 5.58.